The average molecular weight is 430 g/mol. The molecule has 160 valence electrons. The first-order chi connectivity index (χ1) is 15.1. The van der Waals surface area contributed by atoms with E-state index in [9.17, 15) is 0 Å². The van der Waals surface area contributed by atoms with Gasteiger partial charge in [0.1, 0.15) is 0 Å². The smallest absolute Gasteiger partial charge is 0.0944 e. The molecule has 1 fully saturated rings. The zero-order valence-electron chi connectivity index (χ0n) is 18.7. The number of benzene rings is 1. The molecule has 0 radical (unpaired) electrons. The fourth-order valence-corrected chi connectivity index (χ4v) is 6.03. The van der Waals surface area contributed by atoms with E-state index >= 15 is 0 Å². The highest BCUT2D eigenvalue weighted by Crippen LogP contribution is 2.49. The highest BCUT2D eigenvalue weighted by atomic mass is 32.2. The molecule has 0 bridgehead atoms. The van der Waals surface area contributed by atoms with Gasteiger partial charge in [-0.15, -0.1) is 11.8 Å². The number of hydrogen-bond donors (Lipinski definition) is 0. The summed E-state index contributed by atoms with van der Waals surface area (Å²) in [6.45, 7) is 7.76. The summed E-state index contributed by atoms with van der Waals surface area (Å²) in [5, 5.41) is 0. The summed E-state index contributed by atoms with van der Waals surface area (Å²) in [6, 6.07) is 17.8. The van der Waals surface area contributed by atoms with Crippen molar-refractivity contribution in [2.75, 3.05) is 31.6 Å². The Bertz CT molecular complexity index is 1060. The van der Waals surface area contributed by atoms with Crippen LogP contribution in [0.1, 0.15) is 30.5 Å². The van der Waals surface area contributed by atoms with Crippen LogP contribution in [-0.2, 0) is 12.2 Å². The molecular weight excluding hydrogens is 398 g/mol. The van der Waals surface area contributed by atoms with Crippen LogP contribution in [0.5, 0.6) is 0 Å². The van der Waals surface area contributed by atoms with Gasteiger partial charge in [-0.3, -0.25) is 9.88 Å². The lowest BCUT2D eigenvalue weighted by Crippen LogP contribution is -2.52. The molecule has 1 aromatic carbocycles. The fourth-order valence-electron chi connectivity index (χ4n) is 4.87. The van der Waals surface area contributed by atoms with Crippen LogP contribution in [0.15, 0.2) is 59.6 Å². The van der Waals surface area contributed by atoms with Crippen LogP contribution in [0.3, 0.4) is 0 Å². The highest BCUT2D eigenvalue weighted by molar-refractivity contribution is 8.02. The summed E-state index contributed by atoms with van der Waals surface area (Å²) < 4.78 is 0. The number of allylic oxidation sites excluding steroid dienone is 1. The maximum atomic E-state index is 4.93. The van der Waals surface area contributed by atoms with E-state index in [-0.39, 0.29) is 0 Å². The monoisotopic (exact) mass is 429 g/mol. The Balaban J connectivity index is 1.55. The number of aromatic nitrogens is 1. The summed E-state index contributed by atoms with van der Waals surface area (Å²) in [5.74, 6) is 1.61. The Labute approximate surface area is 190 Å². The zero-order chi connectivity index (χ0) is 21.4. The van der Waals surface area contributed by atoms with Crippen LogP contribution < -0.4 is 4.90 Å². The topological polar surface area (TPSA) is 19.4 Å². The maximum Gasteiger partial charge on any atom is 0.0944 e. The second-order valence-electron chi connectivity index (χ2n) is 9.09. The van der Waals surface area contributed by atoms with Gasteiger partial charge in [0.15, 0.2) is 0 Å². The standard InChI is InChI=1S/C27H31N3S/c1-19(2)25-16-23-24(18-31-25)22-11-7-8-12-28-26(22)27(23)30-14-13-29(3)21(17-30)15-20-9-5-4-6-10-20/h4-12,16,19,21H,13-15,17-18H2,1-3H3/t21-/m0/s1. The Morgan fingerprint density at radius 2 is 1.87 bits per heavy atom. The number of anilines is 1. The van der Waals surface area contributed by atoms with Gasteiger partial charge in [-0.2, -0.15) is 0 Å². The van der Waals surface area contributed by atoms with E-state index in [0.717, 1.165) is 31.8 Å². The van der Waals surface area contributed by atoms with E-state index in [4.69, 9.17) is 4.98 Å². The number of hydrogen-bond acceptors (Lipinski definition) is 4. The lowest BCUT2D eigenvalue weighted by atomic mass is 10.0. The second-order valence-corrected chi connectivity index (χ2v) is 10.1. The van der Waals surface area contributed by atoms with Crippen molar-refractivity contribution < 1.29 is 0 Å². The minimum Gasteiger partial charge on any atom is -0.366 e. The molecule has 0 amide bonds. The van der Waals surface area contributed by atoms with Gasteiger partial charge in [-0.05, 0) is 47.6 Å². The largest absolute Gasteiger partial charge is 0.366 e. The van der Waals surface area contributed by atoms with Gasteiger partial charge < -0.3 is 4.90 Å². The van der Waals surface area contributed by atoms with Gasteiger partial charge in [0.2, 0.25) is 0 Å². The number of likely N-dealkylation sites (N-methyl/N-ethyl adjacent to an activating group) is 1. The van der Waals surface area contributed by atoms with Gasteiger partial charge in [-0.1, -0.05) is 56.3 Å². The molecule has 0 aromatic heterocycles. The molecule has 0 spiro atoms. The zero-order valence-corrected chi connectivity index (χ0v) is 19.5. The minimum atomic E-state index is 0.501. The molecule has 0 N–H and O–H groups in total. The van der Waals surface area contributed by atoms with Gasteiger partial charge in [-0.25, -0.2) is 0 Å². The molecule has 3 heterocycles. The number of rotatable bonds is 4. The third-order valence-electron chi connectivity index (χ3n) is 6.69. The van der Waals surface area contributed by atoms with Crippen LogP contribution in [0, 0.1) is 5.92 Å². The molecule has 1 aliphatic carbocycles. The average Bonchev–Trinajstić information content (AvgIpc) is 2.91. The number of nitrogens with zero attached hydrogens (tertiary/aromatic N) is 3. The van der Waals surface area contributed by atoms with Crippen LogP contribution in [0.2, 0.25) is 0 Å². The quantitative estimate of drug-likeness (QED) is 0.522. The first-order valence-electron chi connectivity index (χ1n) is 11.3. The maximum absolute atomic E-state index is 4.93. The number of thioether (sulfide) groups is 1. The van der Waals surface area contributed by atoms with Crippen molar-refractivity contribution in [3.63, 3.8) is 0 Å². The molecule has 1 atom stereocenters. The third-order valence-corrected chi connectivity index (χ3v) is 8.05. The molecule has 3 aliphatic heterocycles. The fraction of sp³-hybridized carbons (Fsp3) is 0.370. The predicted molar refractivity (Wildman–Crippen MR) is 134 cm³/mol. The highest BCUT2D eigenvalue weighted by Gasteiger charge is 2.33. The van der Waals surface area contributed by atoms with Gasteiger partial charge in [0.25, 0.3) is 0 Å². The van der Waals surface area contributed by atoms with Crippen molar-refractivity contribution in [3.05, 3.63) is 76.3 Å². The van der Waals surface area contributed by atoms with Crippen LogP contribution in [0.4, 0.5) is 5.69 Å². The van der Waals surface area contributed by atoms with Gasteiger partial charge >= 0.3 is 0 Å². The van der Waals surface area contributed by atoms with Crippen molar-refractivity contribution >= 4 is 23.5 Å². The van der Waals surface area contributed by atoms with Crippen molar-refractivity contribution in [3.8, 4) is 11.3 Å². The molecule has 0 saturated carbocycles. The Kier molecular flexibility index (Phi) is 5.77. The summed E-state index contributed by atoms with van der Waals surface area (Å²) >= 11 is 1.99. The third kappa shape index (κ3) is 3.99. The molecule has 1 aromatic rings. The van der Waals surface area contributed by atoms with E-state index in [0.29, 0.717) is 12.0 Å². The van der Waals surface area contributed by atoms with Crippen LogP contribution in [0.25, 0.3) is 17.3 Å². The molecule has 5 rings (SSSR count). The number of fused-ring (bicyclic) bond motifs is 3. The van der Waals surface area contributed by atoms with E-state index in [1.54, 1.807) is 0 Å². The Hall–Kier alpha value is -2.30. The van der Waals surface area contributed by atoms with Crippen LogP contribution >= 0.6 is 11.8 Å². The van der Waals surface area contributed by atoms with E-state index in [1.165, 1.54) is 38.5 Å². The predicted octanol–water partition coefficient (Wildman–Crippen LogP) is 5.79. The molecule has 1 saturated heterocycles. The summed E-state index contributed by atoms with van der Waals surface area (Å²) in [5.41, 5.74) is 8.13. The normalized spacial score (nSPS) is 19.5. The second kappa shape index (κ2) is 8.68. The molecule has 31 heavy (non-hydrogen) atoms. The van der Waals surface area contributed by atoms with Crippen molar-refractivity contribution in [1.29, 1.82) is 0 Å². The first kappa shape index (κ1) is 20.6. The Morgan fingerprint density at radius 3 is 2.68 bits per heavy atom. The van der Waals surface area contributed by atoms with Crippen LogP contribution in [-0.4, -0.2) is 42.6 Å². The Morgan fingerprint density at radius 1 is 1.06 bits per heavy atom. The summed E-state index contributed by atoms with van der Waals surface area (Å²) in [6.07, 6.45) is 5.49. The van der Waals surface area contributed by atoms with Crippen molar-refractivity contribution in [2.45, 2.75) is 32.1 Å². The summed E-state index contributed by atoms with van der Waals surface area (Å²) in [7, 11) is 2.27. The lowest BCUT2D eigenvalue weighted by molar-refractivity contribution is 0.217. The van der Waals surface area contributed by atoms with Crippen molar-refractivity contribution in [1.82, 2.24) is 9.88 Å². The van der Waals surface area contributed by atoms with E-state index < -0.39 is 0 Å². The molecule has 4 heteroatoms. The van der Waals surface area contributed by atoms with Gasteiger partial charge in [0.05, 0.1) is 11.4 Å². The molecule has 3 nitrogen and oxygen atoms in total. The molecule has 4 aliphatic rings. The summed E-state index contributed by atoms with van der Waals surface area (Å²) in [4.78, 5) is 11.6. The first-order valence-corrected chi connectivity index (χ1v) is 12.3. The van der Waals surface area contributed by atoms with E-state index in [1.807, 2.05) is 24.0 Å². The SMILES string of the molecule is CC(C)C1=Cc2c(c3ccccnc-3c2N2CCN(C)[C@@H](Cc3ccccc3)C2)CS1. The van der Waals surface area contributed by atoms with E-state index in [2.05, 4.69) is 79.2 Å². The minimum absolute atomic E-state index is 0.501. The lowest BCUT2D eigenvalue weighted by Gasteiger charge is -2.41. The molecular formula is C27H31N3S. The molecule has 0 unspecified atom stereocenters. The van der Waals surface area contributed by atoms with Crippen molar-refractivity contribution in [2.24, 2.45) is 5.92 Å². The van der Waals surface area contributed by atoms with Gasteiger partial charge in [0, 0.05) is 48.8 Å². The number of piperazine rings is 1.